The highest BCUT2D eigenvalue weighted by molar-refractivity contribution is 7.90. The van der Waals surface area contributed by atoms with Crippen LogP contribution in [0, 0.1) is 0 Å². The first-order valence-corrected chi connectivity index (χ1v) is 8.19. The Morgan fingerprint density at radius 2 is 1.81 bits per heavy atom. The molecular weight excluding hydrogens is 294 g/mol. The molecule has 0 unspecified atom stereocenters. The maximum absolute atomic E-state index is 12.0. The number of hydrogen-bond donors (Lipinski definition) is 1. The summed E-state index contributed by atoms with van der Waals surface area (Å²) in [4.78, 5) is 0.143. The van der Waals surface area contributed by atoms with Crippen molar-refractivity contribution >= 4 is 15.7 Å². The molecule has 1 aromatic heterocycles. The normalized spacial score (nSPS) is 14.2. The quantitative estimate of drug-likeness (QED) is 0.883. The van der Waals surface area contributed by atoms with Gasteiger partial charge in [0.15, 0.2) is 21.3 Å². The second-order valence-electron chi connectivity index (χ2n) is 4.84. The number of ether oxygens (including phenoxy) is 2. The molecule has 0 saturated carbocycles. The molecule has 2 heterocycles. The lowest BCUT2D eigenvalue weighted by Crippen LogP contribution is -2.16. The minimum Gasteiger partial charge on any atom is -0.486 e. The van der Waals surface area contributed by atoms with Crippen LogP contribution in [0.5, 0.6) is 11.5 Å². The Morgan fingerprint density at radius 3 is 2.33 bits per heavy atom. The molecule has 0 radical (unpaired) electrons. The minimum absolute atomic E-state index is 0.143. The van der Waals surface area contributed by atoms with Gasteiger partial charge in [0, 0.05) is 31.0 Å². The maximum Gasteiger partial charge on any atom is 0.176 e. The van der Waals surface area contributed by atoms with Crippen LogP contribution >= 0.6 is 0 Å². The molecule has 0 bridgehead atoms. The highest BCUT2D eigenvalue weighted by atomic mass is 32.2. The third kappa shape index (κ3) is 2.42. The number of anilines is 1. The van der Waals surface area contributed by atoms with E-state index in [-0.39, 0.29) is 4.90 Å². The Morgan fingerprint density at radius 1 is 1.19 bits per heavy atom. The molecule has 2 aromatic rings. The highest BCUT2D eigenvalue weighted by Crippen LogP contribution is 2.39. The topological polar surface area (TPSA) is 96.4 Å². The van der Waals surface area contributed by atoms with Crippen molar-refractivity contribution < 1.29 is 17.9 Å². The molecule has 112 valence electrons. The van der Waals surface area contributed by atoms with E-state index in [2.05, 4.69) is 5.10 Å². The van der Waals surface area contributed by atoms with Crippen LogP contribution in [0.3, 0.4) is 0 Å². The molecule has 0 spiro atoms. The summed E-state index contributed by atoms with van der Waals surface area (Å²) in [5, 5.41) is 4.23. The smallest absolute Gasteiger partial charge is 0.176 e. The second kappa shape index (κ2) is 4.66. The van der Waals surface area contributed by atoms with Gasteiger partial charge < -0.3 is 15.2 Å². The molecule has 0 aliphatic carbocycles. The van der Waals surface area contributed by atoms with E-state index in [9.17, 15) is 8.42 Å². The average Bonchev–Trinajstić information content (AvgIpc) is 2.76. The number of aromatic nitrogens is 2. The molecule has 1 aliphatic rings. The molecule has 8 heteroatoms. The molecular formula is C13H15N3O4S. The molecule has 1 aliphatic heterocycles. The van der Waals surface area contributed by atoms with Gasteiger partial charge in [-0.3, -0.25) is 4.68 Å². The zero-order valence-electron chi connectivity index (χ0n) is 11.7. The minimum atomic E-state index is -3.44. The van der Waals surface area contributed by atoms with E-state index in [0.717, 1.165) is 6.26 Å². The fourth-order valence-electron chi connectivity index (χ4n) is 2.19. The van der Waals surface area contributed by atoms with Crippen molar-refractivity contribution in [3.63, 3.8) is 0 Å². The van der Waals surface area contributed by atoms with E-state index >= 15 is 0 Å². The summed E-state index contributed by atoms with van der Waals surface area (Å²) in [6.07, 6.45) is 1.15. The highest BCUT2D eigenvalue weighted by Gasteiger charge is 2.23. The molecule has 7 nitrogen and oxygen atoms in total. The van der Waals surface area contributed by atoms with Gasteiger partial charge in [-0.2, -0.15) is 5.10 Å². The summed E-state index contributed by atoms with van der Waals surface area (Å²) in [6.45, 7) is 0.821. The number of rotatable bonds is 2. The third-order valence-corrected chi connectivity index (χ3v) is 4.37. The van der Waals surface area contributed by atoms with Gasteiger partial charge in [-0.15, -0.1) is 0 Å². The van der Waals surface area contributed by atoms with Crippen LogP contribution < -0.4 is 15.2 Å². The summed E-state index contributed by atoms with van der Waals surface area (Å²) in [6, 6.07) is 4.73. The van der Waals surface area contributed by atoms with E-state index in [4.69, 9.17) is 15.2 Å². The first kappa shape index (κ1) is 13.7. The van der Waals surface area contributed by atoms with Crippen molar-refractivity contribution in [1.29, 1.82) is 0 Å². The Kier molecular flexibility index (Phi) is 3.05. The Hall–Kier alpha value is -2.22. The lowest BCUT2D eigenvalue weighted by atomic mass is 10.1. The number of fused-ring (bicyclic) bond motifs is 1. The number of hydrogen-bond acceptors (Lipinski definition) is 6. The van der Waals surface area contributed by atoms with Crippen LogP contribution in [0.4, 0.5) is 5.82 Å². The van der Waals surface area contributed by atoms with Crippen molar-refractivity contribution in [2.75, 3.05) is 25.2 Å². The van der Waals surface area contributed by atoms with Crippen LogP contribution in [0.25, 0.3) is 11.3 Å². The van der Waals surface area contributed by atoms with Crippen molar-refractivity contribution in [2.45, 2.75) is 4.90 Å². The van der Waals surface area contributed by atoms with Crippen molar-refractivity contribution in [3.8, 4) is 22.8 Å². The van der Waals surface area contributed by atoms with Crippen LogP contribution in [-0.4, -0.2) is 37.7 Å². The van der Waals surface area contributed by atoms with E-state index in [1.165, 1.54) is 10.7 Å². The lowest BCUT2D eigenvalue weighted by Gasteiger charge is -2.20. The summed E-state index contributed by atoms with van der Waals surface area (Å²) >= 11 is 0. The van der Waals surface area contributed by atoms with Gasteiger partial charge in [0.05, 0.1) is 10.6 Å². The Labute approximate surface area is 122 Å². The molecule has 3 rings (SSSR count). The van der Waals surface area contributed by atoms with E-state index in [0.29, 0.717) is 41.8 Å². The van der Waals surface area contributed by atoms with Gasteiger partial charge >= 0.3 is 0 Å². The van der Waals surface area contributed by atoms with E-state index < -0.39 is 9.84 Å². The molecule has 21 heavy (non-hydrogen) atoms. The predicted octanol–water partition coefficient (Wildman–Crippen LogP) is 0.844. The molecule has 0 atom stereocenters. The van der Waals surface area contributed by atoms with Gasteiger partial charge in [0.2, 0.25) is 0 Å². The average molecular weight is 309 g/mol. The number of nitrogen functional groups attached to an aromatic ring is 1. The van der Waals surface area contributed by atoms with Crippen molar-refractivity contribution in [3.05, 3.63) is 18.2 Å². The zero-order valence-corrected chi connectivity index (χ0v) is 12.5. The van der Waals surface area contributed by atoms with Gasteiger partial charge in [0.25, 0.3) is 0 Å². The first-order valence-electron chi connectivity index (χ1n) is 6.30. The Bertz CT molecular complexity index is 792. The number of nitrogens with two attached hydrogens (primary N) is 1. The summed E-state index contributed by atoms with van der Waals surface area (Å²) in [5.74, 6) is 1.38. The predicted molar refractivity (Wildman–Crippen MR) is 77.2 cm³/mol. The monoisotopic (exact) mass is 309 g/mol. The largest absolute Gasteiger partial charge is 0.486 e. The third-order valence-electron chi connectivity index (χ3n) is 3.24. The van der Waals surface area contributed by atoms with Gasteiger partial charge in [0.1, 0.15) is 19.0 Å². The standard InChI is InChI=1S/C13H15N3O4S/c1-16-13(14)6-9(15-16)8-5-10-11(20-4-3-19-10)7-12(8)21(2,17)18/h5-7H,3-4,14H2,1-2H3. The van der Waals surface area contributed by atoms with E-state index in [1.807, 2.05) is 0 Å². The van der Waals surface area contributed by atoms with Crippen molar-refractivity contribution in [1.82, 2.24) is 9.78 Å². The fourth-order valence-corrected chi connectivity index (χ4v) is 3.07. The van der Waals surface area contributed by atoms with Gasteiger partial charge in [-0.1, -0.05) is 0 Å². The molecule has 0 fully saturated rings. The van der Waals surface area contributed by atoms with Crippen molar-refractivity contribution in [2.24, 2.45) is 7.05 Å². The maximum atomic E-state index is 12.0. The van der Waals surface area contributed by atoms with Gasteiger partial charge in [-0.25, -0.2) is 8.42 Å². The summed E-state index contributed by atoms with van der Waals surface area (Å²) in [7, 11) is -1.75. The SMILES string of the molecule is Cn1nc(-c2cc3c(cc2S(C)(=O)=O)OCCO3)cc1N. The number of aryl methyl sites for hydroxylation is 1. The lowest BCUT2D eigenvalue weighted by molar-refractivity contribution is 0.171. The van der Waals surface area contributed by atoms with Crippen LogP contribution in [0.1, 0.15) is 0 Å². The van der Waals surface area contributed by atoms with Crippen LogP contribution in [-0.2, 0) is 16.9 Å². The summed E-state index contributed by atoms with van der Waals surface area (Å²) in [5.41, 5.74) is 6.70. The molecule has 0 saturated heterocycles. The zero-order chi connectivity index (χ0) is 15.2. The first-order chi connectivity index (χ1) is 9.86. The molecule has 0 amide bonds. The van der Waals surface area contributed by atoms with E-state index in [1.54, 1.807) is 19.2 Å². The van der Waals surface area contributed by atoms with Crippen LogP contribution in [0.2, 0.25) is 0 Å². The van der Waals surface area contributed by atoms with Gasteiger partial charge in [-0.05, 0) is 6.07 Å². The Balaban J connectivity index is 2.26. The number of nitrogens with zero attached hydrogens (tertiary/aromatic N) is 2. The summed E-state index contributed by atoms with van der Waals surface area (Å²) < 4.78 is 36.5. The fraction of sp³-hybridized carbons (Fsp3) is 0.308. The second-order valence-corrected chi connectivity index (χ2v) is 6.83. The number of sulfone groups is 1. The molecule has 2 N–H and O–H groups in total. The van der Waals surface area contributed by atoms with Crippen LogP contribution in [0.15, 0.2) is 23.1 Å². The molecule has 1 aromatic carbocycles. The number of benzene rings is 1.